The molecule has 2 aromatic carbocycles. The molecule has 5 heteroatoms. The zero-order valence-corrected chi connectivity index (χ0v) is 13.7. The lowest BCUT2D eigenvalue weighted by Crippen LogP contribution is -2.02. The Hall–Kier alpha value is -1.65. The number of nitrogens with two attached hydrogens (primary N) is 2. The van der Waals surface area contributed by atoms with E-state index in [1.165, 1.54) is 5.56 Å². The Morgan fingerprint density at radius 2 is 1.77 bits per heavy atom. The third kappa shape index (κ3) is 3.23. The van der Waals surface area contributed by atoms with Gasteiger partial charge in [0.25, 0.3) is 0 Å². The quantitative estimate of drug-likeness (QED) is 0.532. The first-order valence-corrected chi connectivity index (χ1v) is 7.61. The van der Waals surface area contributed by atoms with Crippen molar-refractivity contribution in [3.63, 3.8) is 0 Å². The summed E-state index contributed by atoms with van der Waals surface area (Å²) < 4.78 is 0. The SMILES string of the molecule is CCc1cnc2ccc(Cl)cc2c1-c1ccccc1Cl.NN. The highest BCUT2D eigenvalue weighted by Gasteiger charge is 2.12. The predicted octanol–water partition coefficient (Wildman–Crippen LogP) is 4.59. The van der Waals surface area contributed by atoms with E-state index in [2.05, 4.69) is 23.6 Å². The minimum Gasteiger partial charge on any atom is -0.274 e. The molecule has 3 nitrogen and oxygen atoms in total. The van der Waals surface area contributed by atoms with Gasteiger partial charge in [-0.25, -0.2) is 0 Å². The van der Waals surface area contributed by atoms with Gasteiger partial charge in [-0.1, -0.05) is 48.3 Å². The standard InChI is InChI=1S/C17H13Cl2N.H4N2/c1-2-11-10-20-16-8-7-12(18)9-14(16)17(11)13-5-3-4-6-15(13)19;1-2/h3-10H,2H2,1H3;1-2H2. The van der Waals surface area contributed by atoms with Crippen LogP contribution in [0.3, 0.4) is 0 Å². The summed E-state index contributed by atoms with van der Waals surface area (Å²) in [6.45, 7) is 2.12. The van der Waals surface area contributed by atoms with Crippen molar-refractivity contribution in [1.82, 2.24) is 4.98 Å². The number of halogens is 2. The van der Waals surface area contributed by atoms with Gasteiger partial charge < -0.3 is 0 Å². The first-order valence-electron chi connectivity index (χ1n) is 6.86. The smallest absolute Gasteiger partial charge is 0.0709 e. The number of rotatable bonds is 2. The van der Waals surface area contributed by atoms with Gasteiger partial charge in [0.2, 0.25) is 0 Å². The average Bonchev–Trinajstić information content (AvgIpc) is 2.56. The third-order valence-electron chi connectivity index (χ3n) is 3.43. The lowest BCUT2D eigenvalue weighted by atomic mass is 9.95. The molecule has 0 aliphatic rings. The van der Waals surface area contributed by atoms with E-state index in [4.69, 9.17) is 23.2 Å². The van der Waals surface area contributed by atoms with Gasteiger partial charge in [-0.05, 0) is 41.8 Å². The minimum absolute atomic E-state index is 0.709. The molecule has 114 valence electrons. The molecule has 3 rings (SSSR count). The zero-order valence-electron chi connectivity index (χ0n) is 12.2. The van der Waals surface area contributed by atoms with E-state index in [1.54, 1.807) is 0 Å². The summed E-state index contributed by atoms with van der Waals surface area (Å²) in [6.07, 6.45) is 2.82. The predicted molar refractivity (Wildman–Crippen MR) is 95.0 cm³/mol. The normalized spacial score (nSPS) is 10.2. The number of hydrogen-bond donors (Lipinski definition) is 2. The van der Waals surface area contributed by atoms with Gasteiger partial charge in [0.15, 0.2) is 0 Å². The van der Waals surface area contributed by atoms with Crippen LogP contribution >= 0.6 is 23.2 Å². The van der Waals surface area contributed by atoms with Crippen molar-refractivity contribution in [2.75, 3.05) is 0 Å². The topological polar surface area (TPSA) is 64.9 Å². The Balaban J connectivity index is 0.000000847. The van der Waals surface area contributed by atoms with Crippen molar-refractivity contribution in [3.8, 4) is 11.1 Å². The molecule has 22 heavy (non-hydrogen) atoms. The number of fused-ring (bicyclic) bond motifs is 1. The molecule has 0 saturated carbocycles. The lowest BCUT2D eigenvalue weighted by Gasteiger charge is -2.13. The zero-order chi connectivity index (χ0) is 16.1. The van der Waals surface area contributed by atoms with Crippen LogP contribution in [0.5, 0.6) is 0 Å². The van der Waals surface area contributed by atoms with Gasteiger partial charge in [-0.3, -0.25) is 16.7 Å². The summed E-state index contributed by atoms with van der Waals surface area (Å²) >= 11 is 12.5. The molecule has 0 spiro atoms. The lowest BCUT2D eigenvalue weighted by molar-refractivity contribution is 1.12. The summed E-state index contributed by atoms with van der Waals surface area (Å²) in [4.78, 5) is 4.51. The van der Waals surface area contributed by atoms with Crippen molar-refractivity contribution in [2.45, 2.75) is 13.3 Å². The maximum Gasteiger partial charge on any atom is 0.0709 e. The number of aromatic nitrogens is 1. The number of nitrogens with zero attached hydrogens (tertiary/aromatic N) is 1. The highest BCUT2D eigenvalue weighted by atomic mass is 35.5. The fourth-order valence-corrected chi connectivity index (χ4v) is 2.86. The molecule has 0 fully saturated rings. The van der Waals surface area contributed by atoms with Crippen LogP contribution < -0.4 is 11.7 Å². The molecular weight excluding hydrogens is 317 g/mol. The second-order valence-corrected chi connectivity index (χ2v) is 5.50. The highest BCUT2D eigenvalue weighted by molar-refractivity contribution is 6.34. The van der Waals surface area contributed by atoms with Crippen LogP contribution in [0.4, 0.5) is 0 Å². The molecule has 4 N–H and O–H groups in total. The molecule has 0 amide bonds. The van der Waals surface area contributed by atoms with E-state index < -0.39 is 0 Å². The maximum absolute atomic E-state index is 6.37. The Bertz CT molecular complexity index is 788. The second-order valence-electron chi connectivity index (χ2n) is 4.65. The third-order valence-corrected chi connectivity index (χ3v) is 4.00. The van der Waals surface area contributed by atoms with Gasteiger partial charge in [-0.15, -0.1) is 0 Å². The molecule has 3 aromatic rings. The van der Waals surface area contributed by atoms with E-state index in [-0.39, 0.29) is 0 Å². The van der Waals surface area contributed by atoms with Crippen LogP contribution in [-0.2, 0) is 6.42 Å². The van der Waals surface area contributed by atoms with E-state index >= 15 is 0 Å². The fourth-order valence-electron chi connectivity index (χ4n) is 2.46. The molecule has 0 atom stereocenters. The molecule has 0 radical (unpaired) electrons. The van der Waals surface area contributed by atoms with Crippen LogP contribution in [0.1, 0.15) is 12.5 Å². The number of benzene rings is 2. The van der Waals surface area contributed by atoms with Crippen molar-refractivity contribution in [3.05, 3.63) is 64.3 Å². The number of pyridine rings is 1. The average molecular weight is 334 g/mol. The molecule has 0 saturated heterocycles. The van der Waals surface area contributed by atoms with Crippen LogP contribution in [0, 0.1) is 0 Å². The van der Waals surface area contributed by atoms with Crippen molar-refractivity contribution in [1.29, 1.82) is 0 Å². The summed E-state index contributed by atoms with van der Waals surface area (Å²) in [5.74, 6) is 8.00. The minimum atomic E-state index is 0.709. The van der Waals surface area contributed by atoms with E-state index in [0.29, 0.717) is 5.02 Å². The number of hydrogen-bond acceptors (Lipinski definition) is 3. The van der Waals surface area contributed by atoms with Crippen molar-refractivity contribution < 1.29 is 0 Å². The summed E-state index contributed by atoms with van der Waals surface area (Å²) in [5.41, 5.74) is 4.26. The van der Waals surface area contributed by atoms with Crippen LogP contribution in [0.2, 0.25) is 10.0 Å². The van der Waals surface area contributed by atoms with Crippen LogP contribution in [0.15, 0.2) is 48.7 Å². The first kappa shape index (κ1) is 16.7. The summed E-state index contributed by atoms with van der Waals surface area (Å²) in [7, 11) is 0. The molecule has 1 heterocycles. The first-order chi connectivity index (χ1) is 10.7. The largest absolute Gasteiger partial charge is 0.274 e. The summed E-state index contributed by atoms with van der Waals surface area (Å²) in [5, 5.41) is 2.50. The van der Waals surface area contributed by atoms with E-state index in [0.717, 1.165) is 33.5 Å². The van der Waals surface area contributed by atoms with E-state index in [9.17, 15) is 0 Å². The number of aryl methyl sites for hydroxylation is 1. The Morgan fingerprint density at radius 3 is 2.45 bits per heavy atom. The van der Waals surface area contributed by atoms with Crippen LogP contribution in [-0.4, -0.2) is 4.98 Å². The molecular formula is C17H17Cl2N3. The number of hydrazine groups is 1. The van der Waals surface area contributed by atoms with Crippen molar-refractivity contribution >= 4 is 34.1 Å². The maximum atomic E-state index is 6.37. The van der Waals surface area contributed by atoms with Gasteiger partial charge in [0.05, 0.1) is 5.52 Å². The van der Waals surface area contributed by atoms with Crippen LogP contribution in [0.25, 0.3) is 22.0 Å². The molecule has 0 bridgehead atoms. The van der Waals surface area contributed by atoms with Gasteiger partial charge in [0, 0.05) is 27.2 Å². The molecule has 0 aliphatic heterocycles. The second kappa shape index (κ2) is 7.56. The van der Waals surface area contributed by atoms with Gasteiger partial charge >= 0.3 is 0 Å². The van der Waals surface area contributed by atoms with Crippen molar-refractivity contribution in [2.24, 2.45) is 11.7 Å². The monoisotopic (exact) mass is 333 g/mol. The fraction of sp³-hybridized carbons (Fsp3) is 0.118. The van der Waals surface area contributed by atoms with E-state index in [1.807, 2.05) is 48.7 Å². The Labute approximate surface area is 139 Å². The summed E-state index contributed by atoms with van der Waals surface area (Å²) in [6, 6.07) is 13.6. The Morgan fingerprint density at radius 1 is 1.05 bits per heavy atom. The van der Waals surface area contributed by atoms with Gasteiger partial charge in [0.1, 0.15) is 0 Å². The Kier molecular flexibility index (Phi) is 5.75. The molecule has 1 aromatic heterocycles. The molecule has 0 unspecified atom stereocenters. The van der Waals surface area contributed by atoms with Gasteiger partial charge in [-0.2, -0.15) is 0 Å². The molecule has 0 aliphatic carbocycles. The highest BCUT2D eigenvalue weighted by Crippen LogP contribution is 2.36.